The molecule has 0 atom stereocenters. The minimum absolute atomic E-state index is 0.0504. The van der Waals surface area contributed by atoms with E-state index in [4.69, 9.17) is 4.74 Å². The Hall–Kier alpha value is -1.55. The van der Waals surface area contributed by atoms with E-state index in [1.807, 2.05) is 30.3 Å². The molecule has 0 heterocycles. The maximum absolute atomic E-state index is 11.6. The SMILES string of the molecule is CC(C)CNC(=O)COc1ccc2cc(Br)ccc2c1. The molecular weight excluding hydrogens is 318 g/mol. The van der Waals surface area contributed by atoms with Crippen molar-refractivity contribution < 1.29 is 9.53 Å². The lowest BCUT2D eigenvalue weighted by atomic mass is 10.1. The van der Waals surface area contributed by atoms with E-state index in [0.717, 1.165) is 15.2 Å². The van der Waals surface area contributed by atoms with Gasteiger partial charge in [-0.1, -0.05) is 41.9 Å². The predicted octanol–water partition coefficient (Wildman–Crippen LogP) is 3.75. The summed E-state index contributed by atoms with van der Waals surface area (Å²) in [5, 5.41) is 5.05. The first-order chi connectivity index (χ1) is 9.54. The summed E-state index contributed by atoms with van der Waals surface area (Å²) >= 11 is 3.45. The van der Waals surface area contributed by atoms with Crippen molar-refractivity contribution in [3.8, 4) is 5.75 Å². The zero-order valence-electron chi connectivity index (χ0n) is 11.7. The van der Waals surface area contributed by atoms with E-state index >= 15 is 0 Å². The fourth-order valence-electron chi connectivity index (χ4n) is 1.80. The summed E-state index contributed by atoms with van der Waals surface area (Å²) in [5.74, 6) is 1.06. The van der Waals surface area contributed by atoms with Gasteiger partial charge in [-0.15, -0.1) is 0 Å². The number of halogens is 1. The lowest BCUT2D eigenvalue weighted by molar-refractivity contribution is -0.123. The molecule has 0 saturated carbocycles. The molecule has 0 unspecified atom stereocenters. The van der Waals surface area contributed by atoms with Crippen LogP contribution < -0.4 is 10.1 Å². The number of carbonyl (C=O) groups is 1. The average molecular weight is 336 g/mol. The summed E-state index contributed by atoms with van der Waals surface area (Å²) in [5.41, 5.74) is 0. The van der Waals surface area contributed by atoms with Crippen LogP contribution in [0.3, 0.4) is 0 Å². The first-order valence-corrected chi connectivity index (χ1v) is 7.43. The first-order valence-electron chi connectivity index (χ1n) is 6.63. The van der Waals surface area contributed by atoms with E-state index in [0.29, 0.717) is 18.2 Å². The second-order valence-electron chi connectivity index (χ2n) is 5.14. The molecule has 0 spiro atoms. The van der Waals surface area contributed by atoms with Gasteiger partial charge in [-0.05, 0) is 41.0 Å². The van der Waals surface area contributed by atoms with Gasteiger partial charge in [0.1, 0.15) is 5.75 Å². The van der Waals surface area contributed by atoms with Gasteiger partial charge in [-0.25, -0.2) is 0 Å². The van der Waals surface area contributed by atoms with Crippen LogP contribution in [0, 0.1) is 5.92 Å². The molecule has 3 nitrogen and oxygen atoms in total. The number of ether oxygens (including phenoxy) is 1. The largest absolute Gasteiger partial charge is 0.484 e. The average Bonchev–Trinajstić information content (AvgIpc) is 2.42. The van der Waals surface area contributed by atoms with Crippen molar-refractivity contribution in [2.24, 2.45) is 5.92 Å². The van der Waals surface area contributed by atoms with E-state index in [1.165, 1.54) is 0 Å². The van der Waals surface area contributed by atoms with Gasteiger partial charge in [0, 0.05) is 11.0 Å². The lowest BCUT2D eigenvalue weighted by Crippen LogP contribution is -2.31. The predicted molar refractivity (Wildman–Crippen MR) is 85.0 cm³/mol. The Bertz CT molecular complexity index is 610. The van der Waals surface area contributed by atoms with Gasteiger partial charge < -0.3 is 10.1 Å². The molecule has 20 heavy (non-hydrogen) atoms. The van der Waals surface area contributed by atoms with Crippen molar-refractivity contribution in [2.75, 3.05) is 13.2 Å². The molecule has 2 rings (SSSR count). The zero-order valence-corrected chi connectivity index (χ0v) is 13.2. The third-order valence-corrected chi connectivity index (χ3v) is 3.34. The fraction of sp³-hybridized carbons (Fsp3) is 0.312. The van der Waals surface area contributed by atoms with Gasteiger partial charge in [-0.3, -0.25) is 4.79 Å². The van der Waals surface area contributed by atoms with Crippen molar-refractivity contribution in [2.45, 2.75) is 13.8 Å². The summed E-state index contributed by atoms with van der Waals surface area (Å²) < 4.78 is 6.56. The quantitative estimate of drug-likeness (QED) is 0.903. The number of benzene rings is 2. The van der Waals surface area contributed by atoms with Gasteiger partial charge in [0.25, 0.3) is 5.91 Å². The van der Waals surface area contributed by atoms with Crippen LogP contribution in [0.1, 0.15) is 13.8 Å². The standard InChI is InChI=1S/C16H18BrNO2/c1-11(2)9-18-16(19)10-20-15-6-4-12-7-14(17)5-3-13(12)8-15/h3-8,11H,9-10H2,1-2H3,(H,18,19). The third kappa shape index (κ3) is 4.23. The number of amides is 1. The molecule has 2 aromatic carbocycles. The van der Waals surface area contributed by atoms with Crippen LogP contribution in [0.2, 0.25) is 0 Å². The number of nitrogens with one attached hydrogen (secondary N) is 1. The van der Waals surface area contributed by atoms with Crippen molar-refractivity contribution >= 4 is 32.6 Å². The summed E-state index contributed by atoms with van der Waals surface area (Å²) in [6.45, 7) is 4.84. The molecule has 2 aromatic rings. The molecule has 106 valence electrons. The molecule has 0 radical (unpaired) electrons. The molecular formula is C16H18BrNO2. The summed E-state index contributed by atoms with van der Waals surface area (Å²) in [6.07, 6.45) is 0. The highest BCUT2D eigenvalue weighted by atomic mass is 79.9. The lowest BCUT2D eigenvalue weighted by Gasteiger charge is -2.09. The van der Waals surface area contributed by atoms with Crippen molar-refractivity contribution in [3.63, 3.8) is 0 Å². The van der Waals surface area contributed by atoms with E-state index in [9.17, 15) is 4.79 Å². The monoisotopic (exact) mass is 335 g/mol. The number of fused-ring (bicyclic) bond motifs is 1. The minimum atomic E-state index is -0.0883. The van der Waals surface area contributed by atoms with Crippen LogP contribution in [0.15, 0.2) is 40.9 Å². The molecule has 1 N–H and O–H groups in total. The molecule has 0 fully saturated rings. The van der Waals surface area contributed by atoms with Crippen LogP contribution in [-0.4, -0.2) is 19.1 Å². The molecule has 1 amide bonds. The van der Waals surface area contributed by atoms with E-state index in [1.54, 1.807) is 0 Å². The number of carbonyl (C=O) groups excluding carboxylic acids is 1. The minimum Gasteiger partial charge on any atom is -0.484 e. The van der Waals surface area contributed by atoms with Gasteiger partial charge in [0.15, 0.2) is 6.61 Å². The van der Waals surface area contributed by atoms with Crippen LogP contribution in [0.5, 0.6) is 5.75 Å². The Morgan fingerprint density at radius 1 is 1.20 bits per heavy atom. The van der Waals surface area contributed by atoms with E-state index in [2.05, 4.69) is 41.2 Å². The van der Waals surface area contributed by atoms with Crippen molar-refractivity contribution in [1.29, 1.82) is 0 Å². The Labute approximate surface area is 127 Å². The smallest absolute Gasteiger partial charge is 0.257 e. The first kappa shape index (κ1) is 14.9. The maximum atomic E-state index is 11.6. The molecule has 0 saturated heterocycles. The Kier molecular flexibility index (Phi) is 5.01. The molecule has 0 aliphatic heterocycles. The fourth-order valence-corrected chi connectivity index (χ4v) is 2.18. The third-order valence-electron chi connectivity index (χ3n) is 2.85. The van der Waals surface area contributed by atoms with E-state index < -0.39 is 0 Å². The number of rotatable bonds is 5. The highest BCUT2D eigenvalue weighted by Crippen LogP contribution is 2.24. The molecule has 0 aromatic heterocycles. The highest BCUT2D eigenvalue weighted by molar-refractivity contribution is 9.10. The van der Waals surface area contributed by atoms with E-state index in [-0.39, 0.29) is 12.5 Å². The second kappa shape index (κ2) is 6.75. The van der Waals surface area contributed by atoms with Crippen molar-refractivity contribution in [3.05, 3.63) is 40.9 Å². The summed E-state index contributed by atoms with van der Waals surface area (Å²) in [6, 6.07) is 11.9. The summed E-state index contributed by atoms with van der Waals surface area (Å²) in [4.78, 5) is 11.6. The van der Waals surface area contributed by atoms with Gasteiger partial charge in [-0.2, -0.15) is 0 Å². The van der Waals surface area contributed by atoms with Crippen molar-refractivity contribution in [1.82, 2.24) is 5.32 Å². The topological polar surface area (TPSA) is 38.3 Å². The Morgan fingerprint density at radius 2 is 1.90 bits per heavy atom. The zero-order chi connectivity index (χ0) is 14.5. The molecule has 0 aliphatic carbocycles. The van der Waals surface area contributed by atoms with Gasteiger partial charge in [0.2, 0.25) is 0 Å². The van der Waals surface area contributed by atoms with Crippen LogP contribution in [0.4, 0.5) is 0 Å². The normalized spacial score (nSPS) is 10.8. The van der Waals surface area contributed by atoms with Gasteiger partial charge >= 0.3 is 0 Å². The highest BCUT2D eigenvalue weighted by Gasteiger charge is 2.04. The van der Waals surface area contributed by atoms with Gasteiger partial charge in [0.05, 0.1) is 0 Å². The molecule has 0 bridgehead atoms. The molecule has 4 heteroatoms. The maximum Gasteiger partial charge on any atom is 0.257 e. The van der Waals surface area contributed by atoms with Crippen LogP contribution in [-0.2, 0) is 4.79 Å². The Balaban J connectivity index is 1.96. The summed E-state index contributed by atoms with van der Waals surface area (Å²) in [7, 11) is 0. The van der Waals surface area contributed by atoms with Crippen LogP contribution >= 0.6 is 15.9 Å². The Morgan fingerprint density at radius 3 is 2.65 bits per heavy atom. The van der Waals surface area contributed by atoms with Crippen LogP contribution in [0.25, 0.3) is 10.8 Å². The number of hydrogen-bond donors (Lipinski definition) is 1. The number of hydrogen-bond acceptors (Lipinski definition) is 2. The molecule has 0 aliphatic rings. The second-order valence-corrected chi connectivity index (χ2v) is 6.06.